The Balaban J connectivity index is 1.49. The fourth-order valence-electron chi connectivity index (χ4n) is 3.11. The first kappa shape index (κ1) is 16.4. The smallest absolute Gasteiger partial charge is 0.225 e. The fraction of sp³-hybridized carbons (Fsp3) is 0.529. The van der Waals surface area contributed by atoms with Crippen LogP contribution in [0.2, 0.25) is 0 Å². The number of imidazole rings is 1. The standard InChI is InChI=1S/C17H24N6O/c1-2-15-18-9-12-22(15)11-6-16(24)21-14-5-3-10-23(13-14)17-19-7-4-8-20-17/h4,7-9,12,14H,2-3,5-6,10-11,13H2,1H3,(H,21,24). The van der Waals surface area contributed by atoms with E-state index in [1.165, 1.54) is 0 Å². The lowest BCUT2D eigenvalue weighted by Crippen LogP contribution is -2.48. The zero-order valence-corrected chi connectivity index (χ0v) is 14.1. The van der Waals surface area contributed by atoms with E-state index in [4.69, 9.17) is 0 Å². The molecule has 3 rings (SSSR count). The van der Waals surface area contributed by atoms with Crippen molar-refractivity contribution in [3.63, 3.8) is 0 Å². The van der Waals surface area contributed by atoms with Gasteiger partial charge in [0, 0.05) is 63.3 Å². The molecular weight excluding hydrogens is 304 g/mol. The van der Waals surface area contributed by atoms with Gasteiger partial charge < -0.3 is 14.8 Å². The number of hydrogen-bond donors (Lipinski definition) is 1. The molecule has 1 aliphatic rings. The van der Waals surface area contributed by atoms with Crippen LogP contribution >= 0.6 is 0 Å². The van der Waals surface area contributed by atoms with E-state index in [2.05, 4.69) is 32.1 Å². The Bertz CT molecular complexity index is 656. The highest BCUT2D eigenvalue weighted by atomic mass is 16.1. The van der Waals surface area contributed by atoms with Crippen molar-refractivity contribution in [2.45, 2.75) is 45.2 Å². The predicted octanol–water partition coefficient (Wildman–Crippen LogP) is 1.41. The molecule has 1 atom stereocenters. The summed E-state index contributed by atoms with van der Waals surface area (Å²) in [6.45, 7) is 4.45. The molecule has 2 aromatic rings. The lowest BCUT2D eigenvalue weighted by molar-refractivity contribution is -0.122. The lowest BCUT2D eigenvalue weighted by atomic mass is 10.1. The number of hydrogen-bond acceptors (Lipinski definition) is 5. The molecule has 7 nitrogen and oxygen atoms in total. The largest absolute Gasteiger partial charge is 0.352 e. The molecule has 3 heterocycles. The van der Waals surface area contributed by atoms with Crippen LogP contribution in [0.5, 0.6) is 0 Å². The van der Waals surface area contributed by atoms with Crippen molar-refractivity contribution < 1.29 is 4.79 Å². The molecule has 1 unspecified atom stereocenters. The number of anilines is 1. The second kappa shape index (κ2) is 7.90. The van der Waals surface area contributed by atoms with Gasteiger partial charge in [-0.2, -0.15) is 0 Å². The Hall–Kier alpha value is -2.44. The number of nitrogens with one attached hydrogen (secondary N) is 1. The highest BCUT2D eigenvalue weighted by Crippen LogP contribution is 2.15. The predicted molar refractivity (Wildman–Crippen MR) is 91.6 cm³/mol. The molecule has 1 amide bonds. The number of amides is 1. The quantitative estimate of drug-likeness (QED) is 0.868. The Kier molecular flexibility index (Phi) is 5.40. The van der Waals surface area contributed by atoms with Crippen LogP contribution in [0.15, 0.2) is 30.9 Å². The Morgan fingerprint density at radius 1 is 1.29 bits per heavy atom. The number of carbonyl (C=O) groups is 1. The summed E-state index contributed by atoms with van der Waals surface area (Å²) in [5, 5.41) is 3.15. The van der Waals surface area contributed by atoms with E-state index in [1.807, 2.05) is 16.8 Å². The number of carbonyl (C=O) groups excluding carboxylic acids is 1. The van der Waals surface area contributed by atoms with Gasteiger partial charge in [0.05, 0.1) is 0 Å². The zero-order valence-electron chi connectivity index (χ0n) is 14.1. The van der Waals surface area contributed by atoms with Crippen molar-refractivity contribution >= 4 is 11.9 Å². The molecule has 128 valence electrons. The molecule has 0 saturated carbocycles. The van der Waals surface area contributed by atoms with Crippen LogP contribution in [0.25, 0.3) is 0 Å². The second-order valence-electron chi connectivity index (χ2n) is 6.04. The first-order chi connectivity index (χ1) is 11.8. The second-order valence-corrected chi connectivity index (χ2v) is 6.04. The minimum absolute atomic E-state index is 0.0894. The number of aryl methyl sites for hydroxylation is 2. The summed E-state index contributed by atoms with van der Waals surface area (Å²) in [5.74, 6) is 1.85. The highest BCUT2D eigenvalue weighted by molar-refractivity contribution is 5.76. The molecule has 0 aromatic carbocycles. The van der Waals surface area contributed by atoms with Crippen LogP contribution in [0, 0.1) is 0 Å². The molecular formula is C17H24N6O. The summed E-state index contributed by atoms with van der Waals surface area (Å²) in [4.78, 5) is 27.3. The van der Waals surface area contributed by atoms with Gasteiger partial charge in [-0.15, -0.1) is 0 Å². The van der Waals surface area contributed by atoms with E-state index >= 15 is 0 Å². The average Bonchev–Trinajstić information content (AvgIpc) is 3.08. The number of rotatable bonds is 6. The van der Waals surface area contributed by atoms with Crippen LogP contribution in [0.3, 0.4) is 0 Å². The molecule has 7 heteroatoms. The van der Waals surface area contributed by atoms with E-state index in [0.29, 0.717) is 13.0 Å². The van der Waals surface area contributed by atoms with Crippen molar-refractivity contribution in [2.75, 3.05) is 18.0 Å². The normalized spacial score (nSPS) is 17.7. The van der Waals surface area contributed by atoms with Gasteiger partial charge in [0.1, 0.15) is 5.82 Å². The van der Waals surface area contributed by atoms with Crippen LogP contribution < -0.4 is 10.2 Å². The molecule has 0 bridgehead atoms. The van der Waals surface area contributed by atoms with Crippen LogP contribution in [0.1, 0.15) is 32.0 Å². The Morgan fingerprint density at radius 3 is 2.92 bits per heavy atom. The van der Waals surface area contributed by atoms with E-state index in [-0.39, 0.29) is 11.9 Å². The third kappa shape index (κ3) is 4.10. The molecule has 1 fully saturated rings. The van der Waals surface area contributed by atoms with Crippen molar-refractivity contribution in [1.82, 2.24) is 24.8 Å². The molecule has 0 radical (unpaired) electrons. The zero-order chi connectivity index (χ0) is 16.8. The van der Waals surface area contributed by atoms with Crippen molar-refractivity contribution in [3.8, 4) is 0 Å². The maximum absolute atomic E-state index is 12.3. The number of aromatic nitrogens is 4. The SMILES string of the molecule is CCc1nccn1CCC(=O)NC1CCCN(c2ncccn2)C1. The van der Waals surface area contributed by atoms with Gasteiger partial charge in [-0.25, -0.2) is 15.0 Å². The van der Waals surface area contributed by atoms with Crippen LogP contribution in [-0.2, 0) is 17.8 Å². The summed E-state index contributed by atoms with van der Waals surface area (Å²) >= 11 is 0. The van der Waals surface area contributed by atoms with Crippen LogP contribution in [0.4, 0.5) is 5.95 Å². The summed E-state index contributed by atoms with van der Waals surface area (Å²) in [6, 6.07) is 1.97. The first-order valence-corrected chi connectivity index (χ1v) is 8.57. The molecule has 0 aliphatic carbocycles. The van der Waals surface area contributed by atoms with Gasteiger partial charge in [-0.05, 0) is 18.9 Å². The molecule has 1 saturated heterocycles. The van der Waals surface area contributed by atoms with Crippen molar-refractivity contribution in [1.29, 1.82) is 0 Å². The summed E-state index contributed by atoms with van der Waals surface area (Å²) in [7, 11) is 0. The first-order valence-electron chi connectivity index (χ1n) is 8.57. The molecule has 2 aromatic heterocycles. The summed E-state index contributed by atoms with van der Waals surface area (Å²) in [5.41, 5.74) is 0. The minimum atomic E-state index is 0.0894. The van der Waals surface area contributed by atoms with Crippen molar-refractivity contribution in [2.24, 2.45) is 0 Å². The van der Waals surface area contributed by atoms with E-state index < -0.39 is 0 Å². The topological polar surface area (TPSA) is 75.9 Å². The summed E-state index contributed by atoms with van der Waals surface area (Å²) in [6.07, 6.45) is 10.6. The molecule has 0 spiro atoms. The van der Waals surface area contributed by atoms with Gasteiger partial charge in [-0.3, -0.25) is 4.79 Å². The molecule has 1 N–H and O–H groups in total. The average molecular weight is 328 g/mol. The maximum Gasteiger partial charge on any atom is 0.225 e. The number of piperidine rings is 1. The van der Waals surface area contributed by atoms with Crippen LogP contribution in [-0.4, -0.2) is 44.6 Å². The van der Waals surface area contributed by atoms with Gasteiger partial charge in [0.25, 0.3) is 0 Å². The van der Waals surface area contributed by atoms with E-state index in [9.17, 15) is 4.79 Å². The van der Waals surface area contributed by atoms with Gasteiger partial charge >= 0.3 is 0 Å². The molecule has 24 heavy (non-hydrogen) atoms. The minimum Gasteiger partial charge on any atom is -0.352 e. The van der Waals surface area contributed by atoms with Gasteiger partial charge in [0.15, 0.2) is 0 Å². The van der Waals surface area contributed by atoms with E-state index in [1.54, 1.807) is 18.6 Å². The third-order valence-electron chi connectivity index (χ3n) is 4.32. The highest BCUT2D eigenvalue weighted by Gasteiger charge is 2.22. The lowest BCUT2D eigenvalue weighted by Gasteiger charge is -2.33. The van der Waals surface area contributed by atoms with E-state index in [0.717, 1.165) is 44.1 Å². The Labute approximate surface area is 142 Å². The monoisotopic (exact) mass is 328 g/mol. The number of nitrogens with zero attached hydrogens (tertiary/aromatic N) is 5. The van der Waals surface area contributed by atoms with Gasteiger partial charge in [0.2, 0.25) is 11.9 Å². The summed E-state index contributed by atoms with van der Waals surface area (Å²) < 4.78 is 2.05. The fourth-order valence-corrected chi connectivity index (χ4v) is 3.11. The maximum atomic E-state index is 12.3. The molecule has 1 aliphatic heterocycles. The third-order valence-corrected chi connectivity index (χ3v) is 4.32. The van der Waals surface area contributed by atoms with Gasteiger partial charge in [-0.1, -0.05) is 6.92 Å². The van der Waals surface area contributed by atoms with Crippen molar-refractivity contribution in [3.05, 3.63) is 36.7 Å². The Morgan fingerprint density at radius 2 is 2.12 bits per heavy atom.